The molecular formula is C17H9ClF2N2O. The van der Waals surface area contributed by atoms with Crippen LogP contribution in [0.15, 0.2) is 42.0 Å². The second kappa shape index (κ2) is 7.40. The molecule has 0 N–H and O–H groups in total. The van der Waals surface area contributed by atoms with Gasteiger partial charge in [-0.15, -0.1) is 0 Å². The van der Waals surface area contributed by atoms with Crippen molar-refractivity contribution in [2.24, 2.45) is 0 Å². The van der Waals surface area contributed by atoms with Crippen molar-refractivity contribution in [3.8, 4) is 17.9 Å². The zero-order valence-corrected chi connectivity index (χ0v) is 12.4. The van der Waals surface area contributed by atoms with Crippen LogP contribution in [-0.4, -0.2) is 0 Å². The lowest BCUT2D eigenvalue weighted by Gasteiger charge is -2.10. The lowest BCUT2D eigenvalue weighted by Crippen LogP contribution is -2.00. The third kappa shape index (κ3) is 4.29. The van der Waals surface area contributed by atoms with Gasteiger partial charge in [0.05, 0.1) is 0 Å². The highest BCUT2D eigenvalue weighted by Crippen LogP contribution is 2.26. The van der Waals surface area contributed by atoms with Crippen molar-refractivity contribution in [3.05, 3.63) is 69.8 Å². The second-order valence-electron chi connectivity index (χ2n) is 4.49. The molecule has 0 spiro atoms. The SMILES string of the molecule is N#CC(C#N)=Cc1cc(Cl)ccc1OCc1ccc(F)cc1F. The summed E-state index contributed by atoms with van der Waals surface area (Å²) in [4.78, 5) is 0. The molecular weight excluding hydrogens is 322 g/mol. The Hall–Kier alpha value is -2.89. The third-order valence-electron chi connectivity index (χ3n) is 2.91. The van der Waals surface area contributed by atoms with E-state index in [2.05, 4.69) is 0 Å². The van der Waals surface area contributed by atoms with Gasteiger partial charge in [0, 0.05) is 22.2 Å². The molecule has 2 aromatic rings. The molecule has 0 bridgehead atoms. The fourth-order valence-corrected chi connectivity index (χ4v) is 1.98. The monoisotopic (exact) mass is 330 g/mol. The van der Waals surface area contributed by atoms with Gasteiger partial charge in [-0.1, -0.05) is 11.6 Å². The molecule has 0 atom stereocenters. The van der Waals surface area contributed by atoms with E-state index < -0.39 is 11.6 Å². The van der Waals surface area contributed by atoms with Crippen LogP contribution in [0.1, 0.15) is 11.1 Å². The van der Waals surface area contributed by atoms with Gasteiger partial charge in [-0.25, -0.2) is 8.78 Å². The lowest BCUT2D eigenvalue weighted by molar-refractivity contribution is 0.299. The summed E-state index contributed by atoms with van der Waals surface area (Å²) in [5.74, 6) is -1.07. The molecule has 0 saturated heterocycles. The van der Waals surface area contributed by atoms with E-state index in [4.69, 9.17) is 26.9 Å². The first kappa shape index (κ1) is 16.5. The van der Waals surface area contributed by atoms with Gasteiger partial charge in [0.1, 0.15) is 41.7 Å². The van der Waals surface area contributed by atoms with Gasteiger partial charge in [-0.3, -0.25) is 0 Å². The number of ether oxygens (including phenoxy) is 1. The summed E-state index contributed by atoms with van der Waals surface area (Å²) in [7, 11) is 0. The molecule has 6 heteroatoms. The number of hydrogen-bond donors (Lipinski definition) is 0. The summed E-state index contributed by atoms with van der Waals surface area (Å²) < 4.78 is 32.0. The van der Waals surface area contributed by atoms with Crippen LogP contribution in [0.5, 0.6) is 5.75 Å². The van der Waals surface area contributed by atoms with Crippen LogP contribution < -0.4 is 4.74 Å². The second-order valence-corrected chi connectivity index (χ2v) is 4.92. The van der Waals surface area contributed by atoms with Crippen LogP contribution in [0.4, 0.5) is 8.78 Å². The van der Waals surface area contributed by atoms with Gasteiger partial charge >= 0.3 is 0 Å². The van der Waals surface area contributed by atoms with E-state index >= 15 is 0 Å². The minimum atomic E-state index is -0.717. The Labute approximate surface area is 136 Å². The maximum Gasteiger partial charge on any atom is 0.132 e. The number of hydrogen-bond acceptors (Lipinski definition) is 3. The predicted molar refractivity (Wildman–Crippen MR) is 81.3 cm³/mol. The molecule has 0 aliphatic heterocycles. The molecule has 23 heavy (non-hydrogen) atoms. The molecule has 0 aliphatic rings. The topological polar surface area (TPSA) is 56.8 Å². The minimum absolute atomic E-state index is 0.120. The van der Waals surface area contributed by atoms with Crippen LogP contribution in [0.3, 0.4) is 0 Å². The lowest BCUT2D eigenvalue weighted by atomic mass is 10.1. The van der Waals surface area contributed by atoms with Gasteiger partial charge in [0.2, 0.25) is 0 Å². The first-order valence-corrected chi connectivity index (χ1v) is 6.79. The Morgan fingerprint density at radius 3 is 2.52 bits per heavy atom. The molecule has 2 rings (SSSR count). The van der Waals surface area contributed by atoms with Crippen molar-refractivity contribution in [1.82, 2.24) is 0 Å². The summed E-state index contributed by atoms with van der Waals surface area (Å²) in [6, 6.07) is 11.3. The summed E-state index contributed by atoms with van der Waals surface area (Å²) in [6.07, 6.45) is 1.32. The first-order chi connectivity index (χ1) is 11.0. The average Bonchev–Trinajstić information content (AvgIpc) is 2.53. The highest BCUT2D eigenvalue weighted by molar-refractivity contribution is 6.30. The maximum atomic E-state index is 13.6. The Morgan fingerprint density at radius 1 is 1.13 bits per heavy atom. The summed E-state index contributed by atoms with van der Waals surface area (Å²) in [5, 5.41) is 18.0. The molecule has 0 aliphatic carbocycles. The number of halogens is 3. The van der Waals surface area contributed by atoms with E-state index in [-0.39, 0.29) is 17.7 Å². The zero-order chi connectivity index (χ0) is 16.8. The molecule has 0 unspecified atom stereocenters. The van der Waals surface area contributed by atoms with Crippen molar-refractivity contribution >= 4 is 17.7 Å². The van der Waals surface area contributed by atoms with Gasteiger partial charge < -0.3 is 4.74 Å². The van der Waals surface area contributed by atoms with Gasteiger partial charge in [0.25, 0.3) is 0 Å². The minimum Gasteiger partial charge on any atom is -0.488 e. The number of benzene rings is 2. The molecule has 3 nitrogen and oxygen atoms in total. The number of nitriles is 2. The summed E-state index contributed by atoms with van der Waals surface area (Å²) >= 11 is 5.89. The Kier molecular flexibility index (Phi) is 5.30. The van der Waals surface area contributed by atoms with E-state index in [1.807, 2.05) is 0 Å². The normalized spacial score (nSPS) is 9.61. The average molecular weight is 331 g/mol. The first-order valence-electron chi connectivity index (χ1n) is 6.41. The Morgan fingerprint density at radius 2 is 1.87 bits per heavy atom. The van der Waals surface area contributed by atoms with Crippen LogP contribution in [0.2, 0.25) is 5.02 Å². The highest BCUT2D eigenvalue weighted by atomic mass is 35.5. The fourth-order valence-electron chi connectivity index (χ4n) is 1.80. The standard InChI is InChI=1S/C17H9ClF2N2O/c18-14-2-4-17(13(6-14)5-11(8-21)9-22)23-10-12-1-3-15(19)7-16(12)20/h1-7H,10H2. The molecule has 2 aromatic carbocycles. The van der Waals surface area contributed by atoms with Crippen molar-refractivity contribution in [3.63, 3.8) is 0 Å². The maximum absolute atomic E-state index is 13.6. The largest absolute Gasteiger partial charge is 0.488 e. The molecule has 114 valence electrons. The highest BCUT2D eigenvalue weighted by Gasteiger charge is 2.08. The van der Waals surface area contributed by atoms with E-state index in [1.165, 1.54) is 18.2 Å². The Balaban J connectivity index is 2.28. The van der Waals surface area contributed by atoms with Crippen LogP contribution >= 0.6 is 11.6 Å². The molecule has 0 amide bonds. The third-order valence-corrected chi connectivity index (χ3v) is 3.15. The van der Waals surface area contributed by atoms with Gasteiger partial charge in [0.15, 0.2) is 0 Å². The molecule has 0 heterocycles. The number of allylic oxidation sites excluding steroid dienone is 1. The van der Waals surface area contributed by atoms with Crippen molar-refractivity contribution < 1.29 is 13.5 Å². The van der Waals surface area contributed by atoms with Crippen molar-refractivity contribution in [1.29, 1.82) is 10.5 Å². The molecule has 0 saturated carbocycles. The van der Waals surface area contributed by atoms with Crippen molar-refractivity contribution in [2.75, 3.05) is 0 Å². The summed E-state index contributed by atoms with van der Waals surface area (Å²) in [6.45, 7) is -0.136. The Bertz CT molecular complexity index is 835. The quantitative estimate of drug-likeness (QED) is 0.768. The van der Waals surface area contributed by atoms with E-state index in [0.29, 0.717) is 16.3 Å². The van der Waals surface area contributed by atoms with E-state index in [0.717, 1.165) is 12.1 Å². The number of nitrogens with zero attached hydrogens (tertiary/aromatic N) is 2. The predicted octanol–water partition coefficient (Wildman–Crippen LogP) is 4.63. The molecule has 0 radical (unpaired) electrons. The van der Waals surface area contributed by atoms with Crippen LogP contribution in [0.25, 0.3) is 6.08 Å². The van der Waals surface area contributed by atoms with Crippen LogP contribution in [0, 0.1) is 34.3 Å². The molecule has 0 fully saturated rings. The number of rotatable bonds is 4. The van der Waals surface area contributed by atoms with Crippen LogP contribution in [-0.2, 0) is 6.61 Å². The fraction of sp³-hybridized carbons (Fsp3) is 0.0588. The van der Waals surface area contributed by atoms with Gasteiger partial charge in [-0.05, 0) is 36.4 Å². The molecule has 0 aromatic heterocycles. The van der Waals surface area contributed by atoms with E-state index in [1.54, 1.807) is 24.3 Å². The van der Waals surface area contributed by atoms with Crippen molar-refractivity contribution in [2.45, 2.75) is 6.61 Å². The van der Waals surface area contributed by atoms with Gasteiger partial charge in [-0.2, -0.15) is 10.5 Å². The zero-order valence-electron chi connectivity index (χ0n) is 11.7. The summed E-state index contributed by atoms with van der Waals surface area (Å²) in [5.41, 5.74) is 0.472. The smallest absolute Gasteiger partial charge is 0.132 e. The van der Waals surface area contributed by atoms with E-state index in [9.17, 15) is 8.78 Å².